The predicted molar refractivity (Wildman–Crippen MR) is 70.5 cm³/mol. The molecule has 1 aromatic carbocycles. The van der Waals surface area contributed by atoms with Crippen LogP contribution in [0.4, 0.5) is 0 Å². The zero-order valence-electron chi connectivity index (χ0n) is 10.3. The lowest BCUT2D eigenvalue weighted by molar-refractivity contribution is -0.135. The summed E-state index contributed by atoms with van der Waals surface area (Å²) in [5.74, 6) is -2.05. The SMILES string of the molecule is O=C(O)CNC(=O)c1c(CO)c2ccccc2[nH]c1=O. The molecule has 0 atom stereocenters. The van der Waals surface area contributed by atoms with Gasteiger partial charge in [0, 0.05) is 16.5 Å². The number of carbonyl (C=O) groups is 2. The van der Waals surface area contributed by atoms with Gasteiger partial charge in [-0.2, -0.15) is 0 Å². The van der Waals surface area contributed by atoms with Crippen molar-refractivity contribution in [1.29, 1.82) is 0 Å². The highest BCUT2D eigenvalue weighted by Gasteiger charge is 2.19. The number of aromatic nitrogens is 1. The molecule has 4 N–H and O–H groups in total. The van der Waals surface area contributed by atoms with Crippen molar-refractivity contribution in [3.63, 3.8) is 0 Å². The molecule has 2 rings (SSSR count). The smallest absolute Gasteiger partial charge is 0.322 e. The van der Waals surface area contributed by atoms with Gasteiger partial charge in [0.15, 0.2) is 0 Å². The molecule has 0 saturated carbocycles. The van der Waals surface area contributed by atoms with Crippen LogP contribution in [0.15, 0.2) is 29.1 Å². The molecule has 1 aromatic heterocycles. The summed E-state index contributed by atoms with van der Waals surface area (Å²) in [6.07, 6.45) is 0. The standard InChI is InChI=1S/C13H12N2O5/c16-6-8-7-3-1-2-4-9(7)15-13(20)11(8)12(19)14-5-10(17)18/h1-4,16H,5-6H2,(H,14,19)(H,15,20)(H,17,18). The number of hydrogen-bond acceptors (Lipinski definition) is 4. The van der Waals surface area contributed by atoms with Crippen LogP contribution in [0.1, 0.15) is 15.9 Å². The molecular weight excluding hydrogens is 264 g/mol. The Balaban J connectivity index is 2.57. The van der Waals surface area contributed by atoms with Gasteiger partial charge in [0.1, 0.15) is 12.1 Å². The minimum Gasteiger partial charge on any atom is -0.480 e. The third kappa shape index (κ3) is 2.52. The molecule has 0 aliphatic heterocycles. The van der Waals surface area contributed by atoms with E-state index in [-0.39, 0.29) is 11.1 Å². The van der Waals surface area contributed by atoms with E-state index in [1.165, 1.54) is 0 Å². The van der Waals surface area contributed by atoms with Crippen molar-refractivity contribution < 1.29 is 19.8 Å². The van der Waals surface area contributed by atoms with E-state index < -0.39 is 30.6 Å². The maximum Gasteiger partial charge on any atom is 0.322 e. The topological polar surface area (TPSA) is 119 Å². The Morgan fingerprint density at radius 1 is 1.25 bits per heavy atom. The van der Waals surface area contributed by atoms with Crippen LogP contribution in [-0.2, 0) is 11.4 Å². The van der Waals surface area contributed by atoms with Crippen molar-refractivity contribution in [2.75, 3.05) is 6.54 Å². The molecule has 7 nitrogen and oxygen atoms in total. The maximum atomic E-state index is 11.9. The van der Waals surface area contributed by atoms with Crippen LogP contribution in [-0.4, -0.2) is 33.6 Å². The summed E-state index contributed by atoms with van der Waals surface area (Å²) in [6, 6.07) is 6.72. The summed E-state index contributed by atoms with van der Waals surface area (Å²) < 4.78 is 0. The van der Waals surface area contributed by atoms with Gasteiger partial charge in [0.05, 0.1) is 6.61 Å². The molecular formula is C13H12N2O5. The molecule has 1 amide bonds. The molecule has 0 fully saturated rings. The van der Waals surface area contributed by atoms with E-state index in [0.29, 0.717) is 10.9 Å². The highest BCUT2D eigenvalue weighted by atomic mass is 16.4. The summed E-state index contributed by atoms with van der Waals surface area (Å²) in [5, 5.41) is 20.6. The average Bonchev–Trinajstić information content (AvgIpc) is 2.43. The molecule has 0 aliphatic carbocycles. The molecule has 7 heteroatoms. The number of carboxylic acids is 1. The number of fused-ring (bicyclic) bond motifs is 1. The molecule has 20 heavy (non-hydrogen) atoms. The third-order valence-corrected chi connectivity index (χ3v) is 2.81. The van der Waals surface area contributed by atoms with Gasteiger partial charge in [-0.05, 0) is 6.07 Å². The van der Waals surface area contributed by atoms with Crippen LogP contribution >= 0.6 is 0 Å². The van der Waals surface area contributed by atoms with Crippen LogP contribution in [0, 0.1) is 0 Å². The number of H-pyrrole nitrogens is 1. The number of nitrogens with one attached hydrogen (secondary N) is 2. The summed E-state index contributed by atoms with van der Waals surface area (Å²) >= 11 is 0. The first-order valence-electron chi connectivity index (χ1n) is 5.79. The third-order valence-electron chi connectivity index (χ3n) is 2.81. The maximum absolute atomic E-state index is 11.9. The van der Waals surface area contributed by atoms with Crippen molar-refractivity contribution >= 4 is 22.8 Å². The summed E-state index contributed by atoms with van der Waals surface area (Å²) in [4.78, 5) is 36.8. The summed E-state index contributed by atoms with van der Waals surface area (Å²) in [6.45, 7) is -1.10. The Morgan fingerprint density at radius 2 is 1.95 bits per heavy atom. The largest absolute Gasteiger partial charge is 0.480 e. The lowest BCUT2D eigenvalue weighted by Crippen LogP contribution is -2.34. The van der Waals surface area contributed by atoms with Crippen LogP contribution in [0.2, 0.25) is 0 Å². The second-order valence-electron chi connectivity index (χ2n) is 4.09. The lowest BCUT2D eigenvalue weighted by Gasteiger charge is -2.09. The van der Waals surface area contributed by atoms with E-state index in [1.807, 2.05) is 0 Å². The second-order valence-corrected chi connectivity index (χ2v) is 4.09. The number of aliphatic hydroxyl groups is 1. The molecule has 0 spiro atoms. The number of rotatable bonds is 4. The van der Waals surface area contributed by atoms with Gasteiger partial charge in [-0.15, -0.1) is 0 Å². The molecule has 1 heterocycles. The Bertz CT molecular complexity index is 735. The van der Waals surface area contributed by atoms with Gasteiger partial charge in [0.2, 0.25) is 0 Å². The Hall–Kier alpha value is -2.67. The predicted octanol–water partition coefficient (Wildman–Crippen LogP) is -0.165. The first kappa shape index (κ1) is 13.8. The van der Waals surface area contributed by atoms with Crippen molar-refractivity contribution in [2.45, 2.75) is 6.61 Å². The minimum absolute atomic E-state index is 0.173. The number of hydrogen-bond donors (Lipinski definition) is 4. The lowest BCUT2D eigenvalue weighted by atomic mass is 10.0. The fourth-order valence-corrected chi connectivity index (χ4v) is 1.96. The van der Waals surface area contributed by atoms with Gasteiger partial charge in [-0.3, -0.25) is 14.4 Å². The number of aliphatic hydroxyl groups excluding tert-OH is 1. The van der Waals surface area contributed by atoms with Gasteiger partial charge in [-0.1, -0.05) is 18.2 Å². The van der Waals surface area contributed by atoms with Gasteiger partial charge in [-0.25, -0.2) is 0 Å². The molecule has 0 bridgehead atoms. The van der Waals surface area contributed by atoms with Crippen molar-refractivity contribution in [2.24, 2.45) is 0 Å². The van der Waals surface area contributed by atoms with Crippen LogP contribution < -0.4 is 10.9 Å². The summed E-state index contributed by atoms with van der Waals surface area (Å²) in [5.41, 5.74) is -0.272. The summed E-state index contributed by atoms with van der Waals surface area (Å²) in [7, 11) is 0. The highest BCUT2D eigenvalue weighted by molar-refractivity contribution is 6.00. The first-order valence-corrected chi connectivity index (χ1v) is 5.79. The molecule has 0 unspecified atom stereocenters. The number of para-hydroxylation sites is 1. The van der Waals surface area contributed by atoms with E-state index in [9.17, 15) is 19.5 Å². The zero-order chi connectivity index (χ0) is 14.7. The van der Waals surface area contributed by atoms with Crippen LogP contribution in [0.5, 0.6) is 0 Å². The minimum atomic E-state index is -1.22. The van der Waals surface area contributed by atoms with Crippen molar-refractivity contribution in [3.8, 4) is 0 Å². The Labute approximate surface area is 112 Å². The van der Waals surface area contributed by atoms with Gasteiger partial charge < -0.3 is 20.5 Å². The van der Waals surface area contributed by atoms with E-state index in [4.69, 9.17) is 5.11 Å². The number of aromatic amines is 1. The highest BCUT2D eigenvalue weighted by Crippen LogP contribution is 2.18. The number of aliphatic carboxylic acids is 1. The van der Waals surface area contributed by atoms with E-state index >= 15 is 0 Å². The molecule has 104 valence electrons. The molecule has 0 saturated heterocycles. The zero-order valence-corrected chi connectivity index (χ0v) is 10.3. The van der Waals surface area contributed by atoms with E-state index in [2.05, 4.69) is 10.3 Å². The second kappa shape index (κ2) is 5.54. The number of benzene rings is 1. The molecule has 2 aromatic rings. The Kier molecular flexibility index (Phi) is 3.81. The fraction of sp³-hybridized carbons (Fsp3) is 0.154. The molecule has 0 aliphatic rings. The van der Waals surface area contributed by atoms with Gasteiger partial charge >= 0.3 is 5.97 Å². The normalized spacial score (nSPS) is 10.4. The van der Waals surface area contributed by atoms with Crippen molar-refractivity contribution in [1.82, 2.24) is 10.3 Å². The number of carbonyl (C=O) groups excluding carboxylic acids is 1. The van der Waals surface area contributed by atoms with E-state index in [0.717, 1.165) is 0 Å². The Morgan fingerprint density at radius 3 is 2.60 bits per heavy atom. The quantitative estimate of drug-likeness (QED) is 0.618. The number of pyridine rings is 1. The average molecular weight is 276 g/mol. The van der Waals surface area contributed by atoms with Crippen LogP contribution in [0.3, 0.4) is 0 Å². The first-order chi connectivity index (χ1) is 9.54. The fourth-order valence-electron chi connectivity index (χ4n) is 1.96. The van der Waals surface area contributed by atoms with E-state index in [1.54, 1.807) is 24.3 Å². The molecule has 0 radical (unpaired) electrons. The van der Waals surface area contributed by atoms with Crippen molar-refractivity contribution in [3.05, 3.63) is 45.7 Å². The van der Waals surface area contributed by atoms with Crippen LogP contribution in [0.25, 0.3) is 10.9 Å². The van der Waals surface area contributed by atoms with Gasteiger partial charge in [0.25, 0.3) is 11.5 Å². The number of amides is 1. The monoisotopic (exact) mass is 276 g/mol. The number of carboxylic acid groups (broad SMARTS) is 1.